The zero-order valence-electron chi connectivity index (χ0n) is 8.74. The highest BCUT2D eigenvalue weighted by atomic mass is 14.8. The molecule has 0 amide bonds. The van der Waals surface area contributed by atoms with E-state index in [1.165, 1.54) is 36.8 Å². The van der Waals surface area contributed by atoms with E-state index < -0.39 is 0 Å². The quantitative estimate of drug-likeness (QED) is 0.629. The molecule has 0 N–H and O–H groups in total. The largest absolute Gasteiger partial charge is 0.289 e. The van der Waals surface area contributed by atoms with E-state index in [2.05, 4.69) is 36.2 Å². The molecule has 1 nitrogen and oxygen atoms in total. The minimum Gasteiger partial charge on any atom is -0.289 e. The van der Waals surface area contributed by atoms with Crippen molar-refractivity contribution in [1.82, 2.24) is 0 Å². The Morgan fingerprint density at radius 2 is 1.79 bits per heavy atom. The van der Waals surface area contributed by atoms with Crippen molar-refractivity contribution in [3.8, 4) is 0 Å². The Morgan fingerprint density at radius 3 is 2.43 bits per heavy atom. The second-order valence-corrected chi connectivity index (χ2v) is 4.13. The Kier molecular flexibility index (Phi) is 2.97. The molecule has 1 aliphatic rings. The van der Waals surface area contributed by atoms with Crippen LogP contribution in [-0.2, 0) is 0 Å². The smallest absolute Gasteiger partial charge is 0.0499 e. The topological polar surface area (TPSA) is 12.4 Å². The Balaban J connectivity index is 1.99. The Labute approximate surface area is 85.9 Å². The fraction of sp³-hybridized carbons (Fsp3) is 0.462. The van der Waals surface area contributed by atoms with Gasteiger partial charge in [-0.05, 0) is 25.3 Å². The normalized spacial score (nSPS) is 18.1. The van der Waals surface area contributed by atoms with Crippen LogP contribution in [0.2, 0.25) is 0 Å². The third-order valence-corrected chi connectivity index (χ3v) is 2.84. The van der Waals surface area contributed by atoms with Crippen molar-refractivity contribution in [3.63, 3.8) is 0 Å². The van der Waals surface area contributed by atoms with Gasteiger partial charge in [0.05, 0.1) is 0 Å². The summed E-state index contributed by atoms with van der Waals surface area (Å²) in [5.41, 5.74) is 2.53. The molecule has 0 atom stereocenters. The van der Waals surface area contributed by atoms with Gasteiger partial charge < -0.3 is 0 Å². The van der Waals surface area contributed by atoms with Crippen LogP contribution in [0.1, 0.15) is 36.8 Å². The maximum Gasteiger partial charge on any atom is 0.0499 e. The predicted molar refractivity (Wildman–Crippen MR) is 61.0 cm³/mol. The van der Waals surface area contributed by atoms with E-state index in [-0.39, 0.29) is 0 Å². The molecule has 0 bridgehead atoms. The average molecular weight is 187 g/mol. The SMILES string of the molecule is Cc1ccc(C=NC2CCCC2)cc1. The van der Waals surface area contributed by atoms with Gasteiger partial charge in [0.25, 0.3) is 0 Å². The fourth-order valence-electron chi connectivity index (χ4n) is 1.90. The third-order valence-electron chi connectivity index (χ3n) is 2.84. The number of aryl methyl sites for hydroxylation is 1. The number of benzene rings is 1. The molecule has 0 heterocycles. The van der Waals surface area contributed by atoms with Gasteiger partial charge in [-0.15, -0.1) is 0 Å². The van der Waals surface area contributed by atoms with Crippen LogP contribution in [0.25, 0.3) is 0 Å². The first-order valence-electron chi connectivity index (χ1n) is 5.44. The summed E-state index contributed by atoms with van der Waals surface area (Å²) in [5, 5.41) is 0. The van der Waals surface area contributed by atoms with Gasteiger partial charge in [-0.2, -0.15) is 0 Å². The molecule has 0 saturated heterocycles. The third kappa shape index (κ3) is 2.44. The number of aliphatic imine (C=N–C) groups is 1. The number of rotatable bonds is 2. The van der Waals surface area contributed by atoms with Crippen LogP contribution in [0, 0.1) is 6.92 Å². The van der Waals surface area contributed by atoms with Crippen LogP contribution >= 0.6 is 0 Å². The molecule has 2 rings (SSSR count). The molecular weight excluding hydrogens is 170 g/mol. The van der Waals surface area contributed by atoms with Crippen molar-refractivity contribution < 1.29 is 0 Å². The van der Waals surface area contributed by atoms with E-state index in [9.17, 15) is 0 Å². The van der Waals surface area contributed by atoms with Gasteiger partial charge in [-0.25, -0.2) is 0 Å². The molecule has 1 heteroatoms. The van der Waals surface area contributed by atoms with Crippen LogP contribution in [-0.4, -0.2) is 12.3 Å². The van der Waals surface area contributed by atoms with E-state index in [0.717, 1.165) is 0 Å². The maximum atomic E-state index is 4.60. The van der Waals surface area contributed by atoms with Gasteiger partial charge in [0.2, 0.25) is 0 Å². The lowest BCUT2D eigenvalue weighted by molar-refractivity contribution is 0.710. The first-order chi connectivity index (χ1) is 6.84. The van der Waals surface area contributed by atoms with Gasteiger partial charge in [0.1, 0.15) is 0 Å². The summed E-state index contributed by atoms with van der Waals surface area (Å²) in [5.74, 6) is 0. The summed E-state index contributed by atoms with van der Waals surface area (Å²) in [6, 6.07) is 9.13. The Morgan fingerprint density at radius 1 is 1.14 bits per heavy atom. The van der Waals surface area contributed by atoms with Crippen molar-refractivity contribution in [2.24, 2.45) is 4.99 Å². The molecule has 74 valence electrons. The first kappa shape index (κ1) is 9.45. The lowest BCUT2D eigenvalue weighted by Gasteiger charge is -2.00. The zero-order chi connectivity index (χ0) is 9.80. The van der Waals surface area contributed by atoms with Gasteiger partial charge >= 0.3 is 0 Å². The van der Waals surface area contributed by atoms with Crippen LogP contribution < -0.4 is 0 Å². The van der Waals surface area contributed by atoms with E-state index in [4.69, 9.17) is 0 Å². The number of nitrogens with zero attached hydrogens (tertiary/aromatic N) is 1. The van der Waals surface area contributed by atoms with Gasteiger partial charge in [0.15, 0.2) is 0 Å². The molecule has 0 radical (unpaired) electrons. The lowest BCUT2D eigenvalue weighted by Crippen LogP contribution is -1.96. The van der Waals surface area contributed by atoms with Crippen LogP contribution in [0.15, 0.2) is 29.3 Å². The second kappa shape index (κ2) is 4.41. The molecule has 0 aliphatic heterocycles. The van der Waals surface area contributed by atoms with Crippen molar-refractivity contribution in [3.05, 3.63) is 35.4 Å². The standard InChI is InChI=1S/C13H17N/c1-11-6-8-12(9-7-11)10-14-13-4-2-3-5-13/h6-10,13H,2-5H2,1H3. The van der Waals surface area contributed by atoms with Crippen molar-refractivity contribution in [2.45, 2.75) is 38.6 Å². The van der Waals surface area contributed by atoms with Gasteiger partial charge in [-0.3, -0.25) is 4.99 Å². The van der Waals surface area contributed by atoms with Crippen LogP contribution in [0.4, 0.5) is 0 Å². The number of hydrogen-bond donors (Lipinski definition) is 0. The monoisotopic (exact) mass is 187 g/mol. The van der Waals surface area contributed by atoms with E-state index in [1.807, 2.05) is 6.21 Å². The summed E-state index contributed by atoms with van der Waals surface area (Å²) in [6.07, 6.45) is 7.30. The van der Waals surface area contributed by atoms with E-state index in [0.29, 0.717) is 6.04 Å². The maximum absolute atomic E-state index is 4.60. The minimum absolute atomic E-state index is 0.594. The molecule has 1 aliphatic carbocycles. The predicted octanol–water partition coefficient (Wildman–Crippen LogP) is 3.36. The van der Waals surface area contributed by atoms with Gasteiger partial charge in [-0.1, -0.05) is 42.7 Å². The first-order valence-corrected chi connectivity index (χ1v) is 5.44. The summed E-state index contributed by atoms with van der Waals surface area (Å²) >= 11 is 0. The molecule has 14 heavy (non-hydrogen) atoms. The molecule has 0 aromatic heterocycles. The second-order valence-electron chi connectivity index (χ2n) is 4.13. The van der Waals surface area contributed by atoms with Crippen molar-refractivity contribution >= 4 is 6.21 Å². The minimum atomic E-state index is 0.594. The average Bonchev–Trinajstić information content (AvgIpc) is 2.70. The van der Waals surface area contributed by atoms with Crippen molar-refractivity contribution in [1.29, 1.82) is 0 Å². The summed E-state index contributed by atoms with van der Waals surface area (Å²) in [7, 11) is 0. The molecule has 1 aromatic carbocycles. The van der Waals surface area contributed by atoms with E-state index in [1.54, 1.807) is 0 Å². The van der Waals surface area contributed by atoms with E-state index >= 15 is 0 Å². The van der Waals surface area contributed by atoms with Crippen LogP contribution in [0.5, 0.6) is 0 Å². The van der Waals surface area contributed by atoms with Gasteiger partial charge in [0, 0.05) is 12.3 Å². The highest BCUT2D eigenvalue weighted by Crippen LogP contribution is 2.20. The molecule has 1 saturated carbocycles. The lowest BCUT2D eigenvalue weighted by atomic mass is 10.2. The van der Waals surface area contributed by atoms with Crippen molar-refractivity contribution in [2.75, 3.05) is 0 Å². The van der Waals surface area contributed by atoms with Crippen LogP contribution in [0.3, 0.4) is 0 Å². The molecular formula is C13H17N. The Hall–Kier alpha value is -1.11. The molecule has 0 unspecified atom stereocenters. The highest BCUT2D eigenvalue weighted by molar-refractivity contribution is 5.79. The fourth-order valence-corrected chi connectivity index (χ4v) is 1.90. The zero-order valence-corrected chi connectivity index (χ0v) is 8.74. The molecule has 0 spiro atoms. The highest BCUT2D eigenvalue weighted by Gasteiger charge is 2.11. The Bertz CT molecular complexity index is 305. The molecule has 1 fully saturated rings. The summed E-state index contributed by atoms with van der Waals surface area (Å²) < 4.78 is 0. The number of hydrogen-bond acceptors (Lipinski definition) is 1. The molecule has 1 aromatic rings. The summed E-state index contributed by atoms with van der Waals surface area (Å²) in [6.45, 7) is 2.11. The summed E-state index contributed by atoms with van der Waals surface area (Å²) in [4.78, 5) is 4.60.